The van der Waals surface area contributed by atoms with Crippen molar-refractivity contribution in [2.45, 2.75) is 20.3 Å². The van der Waals surface area contributed by atoms with Gasteiger partial charge in [0.05, 0.1) is 10.8 Å². The number of amides is 2. The molecule has 2 aromatic rings. The van der Waals surface area contributed by atoms with Crippen LogP contribution in [0.5, 0.6) is 0 Å². The molecule has 0 aliphatic carbocycles. The molecule has 1 atom stereocenters. The van der Waals surface area contributed by atoms with Crippen molar-refractivity contribution in [3.05, 3.63) is 63.7 Å². The Bertz CT molecular complexity index is 894. The number of anilines is 2. The van der Waals surface area contributed by atoms with Gasteiger partial charge < -0.3 is 10.2 Å². The molecule has 1 N–H and O–H groups in total. The van der Waals surface area contributed by atoms with E-state index in [4.69, 9.17) is 0 Å². The molecule has 2 aromatic carbocycles. The summed E-state index contributed by atoms with van der Waals surface area (Å²) in [5.74, 6) is -0.913. The van der Waals surface area contributed by atoms with Gasteiger partial charge in [0.15, 0.2) is 0 Å². The van der Waals surface area contributed by atoms with Crippen molar-refractivity contribution >= 4 is 28.9 Å². The van der Waals surface area contributed by atoms with E-state index in [1.54, 1.807) is 24.0 Å². The Morgan fingerprint density at radius 1 is 1.19 bits per heavy atom. The lowest BCUT2D eigenvalue weighted by Crippen LogP contribution is -2.28. The molecular weight excluding hydrogens is 334 g/mol. The molecular formula is C19H19N3O4. The average Bonchev–Trinajstić information content (AvgIpc) is 2.98. The van der Waals surface area contributed by atoms with Crippen LogP contribution in [0.25, 0.3) is 0 Å². The Hall–Kier alpha value is -3.22. The van der Waals surface area contributed by atoms with E-state index in [1.807, 2.05) is 31.2 Å². The molecule has 1 aliphatic heterocycles. The first kappa shape index (κ1) is 17.6. The standard InChI is InChI=1S/C19H19N3O4/c1-12-5-3-4-6-16(12)21-11-14(9-18(21)23)19(24)20-15-8-7-13(2)17(10-15)22(25)26/h3-8,10,14H,9,11H2,1-2H3,(H,20,24)/t14-/m0/s1. The summed E-state index contributed by atoms with van der Waals surface area (Å²) in [5.41, 5.74) is 2.60. The van der Waals surface area contributed by atoms with Crippen LogP contribution in [0.1, 0.15) is 17.5 Å². The van der Waals surface area contributed by atoms with Crippen molar-refractivity contribution in [1.29, 1.82) is 0 Å². The fraction of sp³-hybridized carbons (Fsp3) is 0.263. The molecule has 0 bridgehead atoms. The summed E-state index contributed by atoms with van der Waals surface area (Å²) in [5, 5.41) is 13.7. The number of carbonyl (C=O) groups excluding carboxylic acids is 2. The van der Waals surface area contributed by atoms with Gasteiger partial charge in [-0.25, -0.2) is 0 Å². The molecule has 134 valence electrons. The van der Waals surface area contributed by atoms with Gasteiger partial charge in [-0.05, 0) is 31.5 Å². The number of nitrogens with zero attached hydrogens (tertiary/aromatic N) is 2. The van der Waals surface area contributed by atoms with Crippen molar-refractivity contribution < 1.29 is 14.5 Å². The predicted molar refractivity (Wildman–Crippen MR) is 98.1 cm³/mol. The molecule has 1 heterocycles. The van der Waals surface area contributed by atoms with Crippen LogP contribution in [0.2, 0.25) is 0 Å². The fourth-order valence-corrected chi connectivity index (χ4v) is 3.11. The monoisotopic (exact) mass is 353 g/mol. The molecule has 0 aromatic heterocycles. The Balaban J connectivity index is 1.74. The highest BCUT2D eigenvalue weighted by molar-refractivity contribution is 6.03. The molecule has 1 aliphatic rings. The maximum absolute atomic E-state index is 12.5. The Labute approximate surface area is 150 Å². The van der Waals surface area contributed by atoms with E-state index < -0.39 is 10.8 Å². The lowest BCUT2D eigenvalue weighted by molar-refractivity contribution is -0.385. The van der Waals surface area contributed by atoms with Crippen molar-refractivity contribution in [1.82, 2.24) is 0 Å². The smallest absolute Gasteiger partial charge is 0.274 e. The van der Waals surface area contributed by atoms with E-state index in [1.165, 1.54) is 6.07 Å². The minimum atomic E-state index is -0.498. The molecule has 0 saturated carbocycles. The summed E-state index contributed by atoms with van der Waals surface area (Å²) >= 11 is 0. The number of nitro groups is 1. The van der Waals surface area contributed by atoms with Crippen LogP contribution in [0, 0.1) is 29.9 Å². The first-order chi connectivity index (χ1) is 12.4. The van der Waals surface area contributed by atoms with Gasteiger partial charge in [-0.2, -0.15) is 0 Å². The fourth-order valence-electron chi connectivity index (χ4n) is 3.11. The van der Waals surface area contributed by atoms with Crippen LogP contribution in [-0.4, -0.2) is 23.3 Å². The van der Waals surface area contributed by atoms with Gasteiger partial charge in [0.1, 0.15) is 0 Å². The molecule has 0 radical (unpaired) electrons. The second-order valence-electron chi connectivity index (χ2n) is 6.44. The molecule has 26 heavy (non-hydrogen) atoms. The zero-order chi connectivity index (χ0) is 18.8. The van der Waals surface area contributed by atoms with Gasteiger partial charge in [0.25, 0.3) is 5.69 Å². The van der Waals surface area contributed by atoms with E-state index in [-0.39, 0.29) is 23.9 Å². The second kappa shape index (κ2) is 6.95. The molecule has 7 nitrogen and oxygen atoms in total. The van der Waals surface area contributed by atoms with E-state index in [0.29, 0.717) is 17.8 Å². The lowest BCUT2D eigenvalue weighted by Gasteiger charge is -2.19. The SMILES string of the molecule is Cc1ccccc1N1C[C@@H](C(=O)Nc2ccc(C)c([N+](=O)[O-])c2)CC1=O. The number of nitro benzene ring substituents is 1. The summed E-state index contributed by atoms with van der Waals surface area (Å²) in [6, 6.07) is 12.1. The van der Waals surface area contributed by atoms with Gasteiger partial charge in [0.2, 0.25) is 11.8 Å². The van der Waals surface area contributed by atoms with E-state index >= 15 is 0 Å². The molecule has 2 amide bonds. The largest absolute Gasteiger partial charge is 0.326 e. The Morgan fingerprint density at radius 2 is 1.92 bits per heavy atom. The summed E-state index contributed by atoms with van der Waals surface area (Å²) in [6.45, 7) is 3.85. The van der Waals surface area contributed by atoms with Crippen LogP contribution < -0.4 is 10.2 Å². The maximum Gasteiger partial charge on any atom is 0.274 e. The molecule has 0 unspecified atom stereocenters. The number of hydrogen-bond acceptors (Lipinski definition) is 4. The number of aryl methyl sites for hydroxylation is 2. The number of para-hydroxylation sites is 1. The second-order valence-corrected chi connectivity index (χ2v) is 6.44. The lowest BCUT2D eigenvalue weighted by atomic mass is 10.1. The number of hydrogen-bond donors (Lipinski definition) is 1. The highest BCUT2D eigenvalue weighted by atomic mass is 16.6. The quantitative estimate of drug-likeness (QED) is 0.675. The highest BCUT2D eigenvalue weighted by Crippen LogP contribution is 2.29. The average molecular weight is 353 g/mol. The van der Waals surface area contributed by atoms with Crippen molar-refractivity contribution in [3.8, 4) is 0 Å². The topological polar surface area (TPSA) is 92.6 Å². The van der Waals surface area contributed by atoms with Crippen LogP contribution in [0.4, 0.5) is 17.1 Å². The van der Waals surface area contributed by atoms with Crippen LogP contribution in [-0.2, 0) is 9.59 Å². The van der Waals surface area contributed by atoms with Gasteiger partial charge in [-0.3, -0.25) is 19.7 Å². The third kappa shape index (κ3) is 3.42. The normalized spacial score (nSPS) is 16.6. The van der Waals surface area contributed by atoms with E-state index in [0.717, 1.165) is 11.3 Å². The maximum atomic E-state index is 12.5. The Morgan fingerprint density at radius 3 is 2.62 bits per heavy atom. The van der Waals surface area contributed by atoms with Gasteiger partial charge >= 0.3 is 0 Å². The predicted octanol–water partition coefficient (Wildman–Crippen LogP) is 3.20. The van der Waals surface area contributed by atoms with Gasteiger partial charge in [-0.1, -0.05) is 24.3 Å². The minimum Gasteiger partial charge on any atom is -0.326 e. The highest BCUT2D eigenvalue weighted by Gasteiger charge is 2.35. The van der Waals surface area contributed by atoms with Crippen molar-refractivity contribution in [2.75, 3.05) is 16.8 Å². The number of carbonyl (C=O) groups is 2. The third-order valence-corrected chi connectivity index (χ3v) is 4.58. The zero-order valence-corrected chi connectivity index (χ0v) is 14.6. The summed E-state index contributed by atoms with van der Waals surface area (Å²) < 4.78 is 0. The summed E-state index contributed by atoms with van der Waals surface area (Å²) in [4.78, 5) is 37.0. The van der Waals surface area contributed by atoms with Crippen LogP contribution >= 0.6 is 0 Å². The Kier molecular flexibility index (Phi) is 4.71. The molecule has 0 spiro atoms. The first-order valence-electron chi connectivity index (χ1n) is 8.28. The van der Waals surface area contributed by atoms with Gasteiger partial charge in [0, 0.05) is 36.0 Å². The van der Waals surface area contributed by atoms with E-state index in [9.17, 15) is 19.7 Å². The summed E-state index contributed by atoms with van der Waals surface area (Å²) in [6.07, 6.45) is 0.119. The summed E-state index contributed by atoms with van der Waals surface area (Å²) in [7, 11) is 0. The number of benzene rings is 2. The van der Waals surface area contributed by atoms with Crippen molar-refractivity contribution in [3.63, 3.8) is 0 Å². The first-order valence-corrected chi connectivity index (χ1v) is 8.28. The van der Waals surface area contributed by atoms with Crippen molar-refractivity contribution in [2.24, 2.45) is 5.92 Å². The van der Waals surface area contributed by atoms with Crippen LogP contribution in [0.15, 0.2) is 42.5 Å². The molecule has 1 fully saturated rings. The molecule has 3 rings (SSSR count). The number of nitrogens with one attached hydrogen (secondary N) is 1. The molecule has 1 saturated heterocycles. The molecule has 7 heteroatoms. The minimum absolute atomic E-state index is 0.0492. The van der Waals surface area contributed by atoms with Crippen LogP contribution in [0.3, 0.4) is 0 Å². The third-order valence-electron chi connectivity index (χ3n) is 4.58. The van der Waals surface area contributed by atoms with Gasteiger partial charge in [-0.15, -0.1) is 0 Å². The van der Waals surface area contributed by atoms with E-state index in [2.05, 4.69) is 5.32 Å². The number of rotatable bonds is 4. The zero-order valence-electron chi connectivity index (χ0n) is 14.6.